The summed E-state index contributed by atoms with van der Waals surface area (Å²) in [6.07, 6.45) is 0. The third kappa shape index (κ3) is 5.94. The van der Waals surface area contributed by atoms with Crippen LogP contribution in [-0.2, 0) is 9.53 Å². The van der Waals surface area contributed by atoms with Gasteiger partial charge in [0.15, 0.2) is 0 Å². The molecule has 0 saturated carbocycles. The molecule has 37 heavy (non-hydrogen) atoms. The van der Waals surface area contributed by atoms with Gasteiger partial charge >= 0.3 is 12.0 Å². The van der Waals surface area contributed by atoms with E-state index >= 15 is 0 Å². The van der Waals surface area contributed by atoms with Gasteiger partial charge < -0.3 is 24.4 Å². The van der Waals surface area contributed by atoms with Gasteiger partial charge in [-0.3, -0.25) is 9.59 Å². The van der Waals surface area contributed by atoms with Crippen molar-refractivity contribution in [1.29, 1.82) is 0 Å². The van der Waals surface area contributed by atoms with E-state index in [0.717, 1.165) is 11.3 Å². The topological polar surface area (TPSA) is 83.9 Å². The number of nitrogens with one attached hydrogen (secondary N) is 1. The maximum absolute atomic E-state index is 14.1. The van der Waals surface area contributed by atoms with Crippen LogP contribution in [0.3, 0.4) is 0 Å². The summed E-state index contributed by atoms with van der Waals surface area (Å²) in [5, 5.41) is 3.13. The van der Waals surface area contributed by atoms with Crippen molar-refractivity contribution in [2.45, 2.75) is 13.8 Å². The number of hydrogen-bond donors (Lipinski definition) is 1. The van der Waals surface area contributed by atoms with Gasteiger partial charge in [-0.2, -0.15) is 0 Å². The van der Waals surface area contributed by atoms with E-state index in [1.54, 1.807) is 41.0 Å². The number of hydrogen-bond acceptors (Lipinski definition) is 4. The quantitative estimate of drug-likeness (QED) is 0.486. The number of ether oxygens (including phenoxy) is 1. The average molecular weight is 527 g/mol. The van der Waals surface area contributed by atoms with Crippen molar-refractivity contribution in [3.05, 3.63) is 76.7 Å². The largest absolute Gasteiger partial charge is 0.465 e. The molecule has 4 rings (SSSR count). The van der Waals surface area contributed by atoms with E-state index in [4.69, 9.17) is 16.3 Å². The molecule has 0 atom stereocenters. The van der Waals surface area contributed by atoms with Gasteiger partial charge in [0.25, 0.3) is 5.91 Å². The summed E-state index contributed by atoms with van der Waals surface area (Å²) >= 11 is 6.08. The lowest BCUT2D eigenvalue weighted by Crippen LogP contribution is -2.53. The highest BCUT2D eigenvalue weighted by atomic mass is 35.5. The summed E-state index contributed by atoms with van der Waals surface area (Å²) in [5.41, 5.74) is 3.34. The fourth-order valence-electron chi connectivity index (χ4n) is 4.36. The first-order valence-electron chi connectivity index (χ1n) is 12.0. The van der Waals surface area contributed by atoms with Gasteiger partial charge in [0.1, 0.15) is 12.4 Å². The van der Waals surface area contributed by atoms with Gasteiger partial charge in [0, 0.05) is 42.6 Å². The molecule has 1 aromatic heterocycles. The Hall–Kier alpha value is -3.85. The number of piperazine rings is 1. The Bertz CT molecular complexity index is 1300. The van der Waals surface area contributed by atoms with Crippen LogP contribution in [0.4, 0.5) is 9.18 Å². The minimum Gasteiger partial charge on any atom is -0.465 e. The molecule has 0 aliphatic carbocycles. The van der Waals surface area contributed by atoms with Crippen molar-refractivity contribution in [3.8, 4) is 16.9 Å². The van der Waals surface area contributed by atoms with Crippen LogP contribution in [-0.4, -0.2) is 71.6 Å². The Morgan fingerprint density at radius 3 is 2.32 bits per heavy atom. The number of aromatic nitrogens is 1. The highest BCUT2D eigenvalue weighted by molar-refractivity contribution is 6.30. The maximum Gasteiger partial charge on any atom is 0.325 e. The van der Waals surface area contributed by atoms with Crippen molar-refractivity contribution >= 4 is 29.5 Å². The molecule has 1 saturated heterocycles. The van der Waals surface area contributed by atoms with Crippen LogP contribution in [0.5, 0.6) is 0 Å². The number of esters is 1. The van der Waals surface area contributed by atoms with Gasteiger partial charge in [-0.1, -0.05) is 29.8 Å². The molecular formula is C27H28ClFN4O4. The lowest BCUT2D eigenvalue weighted by molar-refractivity contribution is -0.141. The fourth-order valence-corrected chi connectivity index (χ4v) is 4.48. The molecule has 0 bridgehead atoms. The molecule has 1 aliphatic heterocycles. The van der Waals surface area contributed by atoms with Crippen molar-refractivity contribution in [3.63, 3.8) is 0 Å². The smallest absolute Gasteiger partial charge is 0.325 e. The summed E-state index contributed by atoms with van der Waals surface area (Å²) in [6.45, 7) is 4.90. The Balaban J connectivity index is 1.54. The van der Waals surface area contributed by atoms with Crippen molar-refractivity contribution in [1.82, 2.24) is 19.7 Å². The summed E-state index contributed by atoms with van der Waals surface area (Å²) in [7, 11) is 0. The van der Waals surface area contributed by atoms with Crippen LogP contribution < -0.4 is 5.32 Å². The zero-order valence-electron chi connectivity index (χ0n) is 20.7. The number of carbonyl (C=O) groups is 3. The minimum atomic E-state index is -0.501. The molecule has 194 valence electrons. The molecule has 0 unspecified atom stereocenters. The summed E-state index contributed by atoms with van der Waals surface area (Å²) in [5.74, 6) is -1.05. The van der Waals surface area contributed by atoms with Crippen LogP contribution in [0.2, 0.25) is 5.02 Å². The molecule has 1 N–H and O–H groups in total. The highest BCUT2D eigenvalue weighted by Gasteiger charge is 2.28. The number of urea groups is 1. The Morgan fingerprint density at radius 2 is 1.68 bits per heavy atom. The number of benzene rings is 2. The van der Waals surface area contributed by atoms with Crippen LogP contribution in [0, 0.1) is 12.7 Å². The van der Waals surface area contributed by atoms with E-state index in [1.165, 1.54) is 12.1 Å². The molecular weight excluding hydrogens is 499 g/mol. The molecule has 1 fully saturated rings. The number of halogens is 2. The monoisotopic (exact) mass is 526 g/mol. The third-order valence-electron chi connectivity index (χ3n) is 6.23. The lowest BCUT2D eigenvalue weighted by Gasteiger charge is -2.34. The average Bonchev–Trinajstić information content (AvgIpc) is 3.24. The minimum absolute atomic E-state index is 0.172. The zero-order chi connectivity index (χ0) is 26.5. The predicted octanol–water partition coefficient (Wildman–Crippen LogP) is 4.28. The standard InChI is InChI=1S/C27H28ClFN4O4/c1-3-37-25(34)17-30-27(36)32-13-11-31(12-14-32)26(35)23-16-24(19-7-9-20(28)10-8-19)33(18(23)2)22-6-4-5-21(29)15-22/h4-10,15-16H,3,11-14,17H2,1-2H3,(H,30,36). The van der Waals surface area contributed by atoms with Crippen molar-refractivity contribution in [2.24, 2.45) is 0 Å². The molecule has 3 aromatic rings. The van der Waals surface area contributed by atoms with E-state index < -0.39 is 5.97 Å². The normalized spacial score (nSPS) is 13.4. The maximum atomic E-state index is 14.1. The Labute approximate surface area is 219 Å². The second-order valence-corrected chi connectivity index (χ2v) is 9.03. The number of rotatable bonds is 6. The van der Waals surface area contributed by atoms with Crippen LogP contribution >= 0.6 is 11.6 Å². The lowest BCUT2D eigenvalue weighted by atomic mass is 10.1. The highest BCUT2D eigenvalue weighted by Crippen LogP contribution is 2.31. The van der Waals surface area contributed by atoms with E-state index in [9.17, 15) is 18.8 Å². The van der Waals surface area contributed by atoms with Gasteiger partial charge in [-0.15, -0.1) is 0 Å². The summed E-state index contributed by atoms with van der Waals surface area (Å²) in [4.78, 5) is 40.7. The fraction of sp³-hybridized carbons (Fsp3) is 0.296. The molecule has 0 radical (unpaired) electrons. The van der Waals surface area contributed by atoms with Gasteiger partial charge in [0.05, 0.1) is 17.9 Å². The SMILES string of the molecule is CCOC(=O)CNC(=O)N1CCN(C(=O)c2cc(-c3ccc(Cl)cc3)n(-c3cccc(F)c3)c2C)CC1. The summed E-state index contributed by atoms with van der Waals surface area (Å²) in [6, 6.07) is 14.9. The summed E-state index contributed by atoms with van der Waals surface area (Å²) < 4.78 is 20.8. The first kappa shape index (κ1) is 26.2. The van der Waals surface area contributed by atoms with E-state index in [2.05, 4.69) is 5.32 Å². The second kappa shape index (κ2) is 11.5. The van der Waals surface area contributed by atoms with E-state index in [0.29, 0.717) is 48.1 Å². The molecule has 0 spiro atoms. The first-order chi connectivity index (χ1) is 17.8. The first-order valence-corrected chi connectivity index (χ1v) is 12.4. The van der Waals surface area contributed by atoms with Crippen molar-refractivity contribution < 1.29 is 23.5 Å². The molecule has 2 aromatic carbocycles. The Kier molecular flexibility index (Phi) is 8.13. The van der Waals surface area contributed by atoms with Gasteiger partial charge in [-0.25, -0.2) is 9.18 Å². The van der Waals surface area contributed by atoms with E-state index in [-0.39, 0.29) is 30.9 Å². The van der Waals surface area contributed by atoms with E-state index in [1.807, 2.05) is 29.7 Å². The van der Waals surface area contributed by atoms with Crippen LogP contribution in [0.15, 0.2) is 54.6 Å². The Morgan fingerprint density at radius 1 is 1.00 bits per heavy atom. The van der Waals surface area contributed by atoms with Gasteiger partial charge in [-0.05, 0) is 55.8 Å². The molecule has 1 aliphatic rings. The number of carbonyl (C=O) groups excluding carboxylic acids is 3. The second-order valence-electron chi connectivity index (χ2n) is 8.59. The van der Waals surface area contributed by atoms with Crippen LogP contribution in [0.25, 0.3) is 16.9 Å². The molecule has 10 heteroatoms. The molecule has 3 amide bonds. The molecule has 2 heterocycles. The predicted molar refractivity (Wildman–Crippen MR) is 138 cm³/mol. The zero-order valence-corrected chi connectivity index (χ0v) is 21.4. The number of nitrogens with zero attached hydrogens (tertiary/aromatic N) is 3. The number of amides is 3. The van der Waals surface area contributed by atoms with Crippen molar-refractivity contribution in [2.75, 3.05) is 39.3 Å². The third-order valence-corrected chi connectivity index (χ3v) is 6.48. The van der Waals surface area contributed by atoms with Gasteiger partial charge in [0.2, 0.25) is 0 Å². The van der Waals surface area contributed by atoms with Crippen LogP contribution in [0.1, 0.15) is 23.0 Å². The molecule has 8 nitrogen and oxygen atoms in total.